The Morgan fingerprint density at radius 1 is 1.19 bits per heavy atom. The Labute approximate surface area is 192 Å². The maximum Gasteiger partial charge on any atom is 0.322 e. The molecule has 2 unspecified atom stereocenters. The maximum atomic E-state index is 12.1. The molecule has 0 bridgehead atoms. The molecule has 2 rings (SSSR count). The third-order valence-electron chi connectivity index (χ3n) is 5.52. The van der Waals surface area contributed by atoms with Gasteiger partial charge in [-0.2, -0.15) is 0 Å². The van der Waals surface area contributed by atoms with Crippen molar-refractivity contribution in [2.24, 2.45) is 5.92 Å². The Morgan fingerprint density at radius 2 is 1.84 bits per heavy atom. The van der Waals surface area contributed by atoms with Gasteiger partial charge in [-0.25, -0.2) is 13.1 Å². The van der Waals surface area contributed by atoms with Crippen LogP contribution in [0.5, 0.6) is 5.75 Å². The highest BCUT2D eigenvalue weighted by atomic mass is 35.5. The minimum Gasteiger partial charge on any atom is -0.490 e. The molecule has 0 radical (unpaired) electrons. The highest BCUT2D eigenvalue weighted by molar-refractivity contribution is 7.89. The highest BCUT2D eigenvalue weighted by Gasteiger charge is 2.26. The molecule has 3 N–H and O–H groups in total. The predicted octanol–water partition coefficient (Wildman–Crippen LogP) is 3.37. The number of hydrogen-bond acceptors (Lipinski definition) is 5. The van der Waals surface area contributed by atoms with E-state index in [1.54, 1.807) is 0 Å². The van der Waals surface area contributed by atoms with Crippen molar-refractivity contribution in [3.8, 4) is 5.75 Å². The van der Waals surface area contributed by atoms with Crippen LogP contribution in [0.3, 0.4) is 0 Å². The lowest BCUT2D eigenvalue weighted by atomic mass is 9.89. The Hall–Kier alpha value is -1.35. The molecule has 0 aromatic heterocycles. The van der Waals surface area contributed by atoms with Gasteiger partial charge in [0.15, 0.2) is 0 Å². The molecule has 0 saturated carbocycles. The van der Waals surface area contributed by atoms with Crippen LogP contribution < -0.4 is 14.8 Å². The molecule has 1 saturated heterocycles. The minimum atomic E-state index is -3.61. The molecule has 1 aromatic carbocycles. The van der Waals surface area contributed by atoms with Crippen LogP contribution in [0.4, 0.5) is 0 Å². The van der Waals surface area contributed by atoms with E-state index in [0.29, 0.717) is 12.3 Å². The lowest BCUT2D eigenvalue weighted by Crippen LogP contribution is -2.43. The zero-order chi connectivity index (χ0) is 22.0. The van der Waals surface area contributed by atoms with Crippen molar-refractivity contribution < 1.29 is 23.1 Å². The summed E-state index contributed by atoms with van der Waals surface area (Å²) in [7, 11) is -3.61. The van der Waals surface area contributed by atoms with E-state index in [1.807, 2.05) is 31.2 Å². The number of rotatable bonds is 13. The van der Waals surface area contributed by atoms with Gasteiger partial charge in [-0.3, -0.25) is 4.79 Å². The number of sulfonamides is 1. The van der Waals surface area contributed by atoms with Gasteiger partial charge >= 0.3 is 5.97 Å². The Kier molecular flexibility index (Phi) is 12.4. The van der Waals surface area contributed by atoms with Crippen LogP contribution in [0, 0.1) is 5.92 Å². The molecule has 0 aliphatic carbocycles. The van der Waals surface area contributed by atoms with Crippen molar-refractivity contribution >= 4 is 28.4 Å². The van der Waals surface area contributed by atoms with Crippen molar-refractivity contribution in [2.45, 2.75) is 70.9 Å². The molecule has 9 heteroatoms. The Bertz CT molecular complexity index is 752. The van der Waals surface area contributed by atoms with E-state index in [4.69, 9.17) is 4.74 Å². The second-order valence-corrected chi connectivity index (χ2v) is 9.94. The summed E-state index contributed by atoms with van der Waals surface area (Å²) in [5.41, 5.74) is 0.752. The van der Waals surface area contributed by atoms with Crippen molar-refractivity contribution in [3.63, 3.8) is 0 Å². The number of carboxylic acid groups (broad SMARTS) is 1. The van der Waals surface area contributed by atoms with Gasteiger partial charge in [-0.15, -0.1) is 12.4 Å². The number of aliphatic carboxylic acids is 1. The molecule has 0 spiro atoms. The van der Waals surface area contributed by atoms with Gasteiger partial charge in [0, 0.05) is 0 Å². The Morgan fingerprint density at radius 3 is 2.39 bits per heavy atom. The maximum absolute atomic E-state index is 12.1. The number of halogens is 1. The van der Waals surface area contributed by atoms with E-state index >= 15 is 0 Å². The first kappa shape index (κ1) is 27.7. The first-order chi connectivity index (χ1) is 14.3. The molecule has 2 atom stereocenters. The number of piperidine rings is 1. The molecule has 1 aromatic rings. The van der Waals surface area contributed by atoms with Crippen LogP contribution in [0.2, 0.25) is 0 Å². The van der Waals surface area contributed by atoms with Gasteiger partial charge in [0.05, 0.1) is 5.75 Å². The number of benzene rings is 1. The number of hydrogen-bond donors (Lipinski definition) is 3. The summed E-state index contributed by atoms with van der Waals surface area (Å²) in [6.07, 6.45) is 5.80. The van der Waals surface area contributed by atoms with Crippen LogP contribution in [0.1, 0.15) is 57.9 Å². The molecule has 178 valence electrons. The van der Waals surface area contributed by atoms with Gasteiger partial charge in [-0.1, -0.05) is 38.8 Å². The van der Waals surface area contributed by atoms with E-state index in [1.165, 1.54) is 0 Å². The average Bonchev–Trinajstić information content (AvgIpc) is 2.73. The fraction of sp³-hybridized carbons (Fsp3) is 0.682. The SMILES string of the molecule is CCCCS(=O)(=O)NC(Cc1ccc(OC(CCC)C2CCNCC2)cc1)C(=O)O.Cl. The number of unbranched alkanes of at least 4 members (excludes halogenated alkanes) is 1. The largest absolute Gasteiger partial charge is 0.490 e. The summed E-state index contributed by atoms with van der Waals surface area (Å²) in [6, 6.07) is 6.16. The summed E-state index contributed by atoms with van der Waals surface area (Å²) < 4.78 is 32.8. The van der Waals surface area contributed by atoms with E-state index in [2.05, 4.69) is 17.0 Å². The lowest BCUT2D eigenvalue weighted by molar-refractivity contribution is -0.138. The van der Waals surface area contributed by atoms with E-state index in [-0.39, 0.29) is 30.7 Å². The second kappa shape index (κ2) is 13.9. The van der Waals surface area contributed by atoms with Crippen LogP contribution in [0.25, 0.3) is 0 Å². The van der Waals surface area contributed by atoms with Crippen molar-refractivity contribution in [3.05, 3.63) is 29.8 Å². The fourth-order valence-corrected chi connectivity index (χ4v) is 5.20. The number of carboxylic acids is 1. The summed E-state index contributed by atoms with van der Waals surface area (Å²) in [5, 5.41) is 12.8. The first-order valence-corrected chi connectivity index (χ1v) is 12.7. The zero-order valence-corrected chi connectivity index (χ0v) is 20.1. The van der Waals surface area contributed by atoms with Crippen molar-refractivity contribution in [1.82, 2.24) is 10.0 Å². The monoisotopic (exact) mass is 476 g/mol. The average molecular weight is 477 g/mol. The number of nitrogens with one attached hydrogen (secondary N) is 2. The van der Waals surface area contributed by atoms with Crippen LogP contribution in [-0.4, -0.2) is 50.5 Å². The molecular formula is C22H37ClN2O5S. The highest BCUT2D eigenvalue weighted by Crippen LogP contribution is 2.25. The number of ether oxygens (including phenoxy) is 1. The summed E-state index contributed by atoms with van der Waals surface area (Å²) in [4.78, 5) is 11.6. The molecule has 0 amide bonds. The molecule has 7 nitrogen and oxygen atoms in total. The lowest BCUT2D eigenvalue weighted by Gasteiger charge is -2.31. The van der Waals surface area contributed by atoms with Gasteiger partial charge in [0.25, 0.3) is 0 Å². The van der Waals surface area contributed by atoms with E-state index in [0.717, 1.165) is 56.5 Å². The molecule has 1 heterocycles. The normalized spacial score (nSPS) is 16.8. The third kappa shape index (κ3) is 9.76. The topological polar surface area (TPSA) is 105 Å². The van der Waals surface area contributed by atoms with Crippen molar-refractivity contribution in [2.75, 3.05) is 18.8 Å². The second-order valence-electron chi connectivity index (χ2n) is 8.06. The third-order valence-corrected chi connectivity index (χ3v) is 6.99. The molecule has 31 heavy (non-hydrogen) atoms. The fourth-order valence-electron chi connectivity index (χ4n) is 3.80. The van der Waals surface area contributed by atoms with Crippen LogP contribution in [-0.2, 0) is 21.2 Å². The minimum absolute atomic E-state index is 0. The quantitative estimate of drug-likeness (QED) is 0.403. The van der Waals surface area contributed by atoms with Gasteiger partial charge in [0.2, 0.25) is 10.0 Å². The molecule has 1 aliphatic rings. The molecule has 1 aliphatic heterocycles. The van der Waals surface area contributed by atoms with Gasteiger partial charge < -0.3 is 15.2 Å². The van der Waals surface area contributed by atoms with E-state index in [9.17, 15) is 18.3 Å². The summed E-state index contributed by atoms with van der Waals surface area (Å²) in [6.45, 7) is 6.11. The standard InChI is InChI=1S/C22H36N2O5S.ClH/c1-3-5-15-30(27,28)24-20(22(25)26)16-17-7-9-19(10-8-17)29-21(6-4-2)18-11-13-23-14-12-18;/h7-10,18,20-21,23-24H,3-6,11-16H2,1-2H3,(H,25,26);1H. The van der Waals surface area contributed by atoms with Gasteiger partial charge in [-0.05, 0) is 68.8 Å². The zero-order valence-electron chi connectivity index (χ0n) is 18.5. The Balaban J connectivity index is 0.00000480. The van der Waals surface area contributed by atoms with Gasteiger partial charge in [0.1, 0.15) is 17.9 Å². The number of carbonyl (C=O) groups is 1. The van der Waals surface area contributed by atoms with Crippen molar-refractivity contribution in [1.29, 1.82) is 0 Å². The van der Waals surface area contributed by atoms with Crippen LogP contribution >= 0.6 is 12.4 Å². The van der Waals surface area contributed by atoms with E-state index < -0.39 is 22.0 Å². The molecule has 1 fully saturated rings. The first-order valence-electron chi connectivity index (χ1n) is 11.0. The smallest absolute Gasteiger partial charge is 0.322 e. The molecular weight excluding hydrogens is 440 g/mol. The predicted molar refractivity (Wildman–Crippen MR) is 126 cm³/mol. The summed E-state index contributed by atoms with van der Waals surface area (Å²) >= 11 is 0. The van der Waals surface area contributed by atoms with Crippen LogP contribution in [0.15, 0.2) is 24.3 Å². The summed E-state index contributed by atoms with van der Waals surface area (Å²) in [5.74, 6) is 0.0745.